The molecule has 0 spiro atoms. The van der Waals surface area contributed by atoms with E-state index < -0.39 is 0 Å². The molecular formula is C18H38OTi. The zero-order valence-electron chi connectivity index (χ0n) is 14.2. The second-order valence-electron chi connectivity index (χ2n) is 5.86. The standard InChI is InChI=1S/C18H38O.Ti/c1-3-5-7-9-11-13-15-17-19-18-16-14-12-10-8-6-4-2;/h3-18H2,1-2H3;. The summed E-state index contributed by atoms with van der Waals surface area (Å²) >= 11 is 0. The molecule has 0 aromatic heterocycles. The van der Waals surface area contributed by atoms with Crippen LogP contribution in [-0.4, -0.2) is 13.2 Å². The van der Waals surface area contributed by atoms with Gasteiger partial charge in [-0.05, 0) is 12.8 Å². The molecule has 0 aliphatic carbocycles. The zero-order chi connectivity index (χ0) is 14.0. The van der Waals surface area contributed by atoms with E-state index in [-0.39, 0.29) is 21.7 Å². The van der Waals surface area contributed by atoms with Gasteiger partial charge in [-0.15, -0.1) is 0 Å². The van der Waals surface area contributed by atoms with E-state index in [4.69, 9.17) is 4.74 Å². The van der Waals surface area contributed by atoms with Crippen LogP contribution in [0, 0.1) is 0 Å². The number of unbranched alkanes of at least 4 members (excludes halogenated alkanes) is 12. The minimum absolute atomic E-state index is 0. The normalized spacial score (nSPS) is 10.5. The van der Waals surface area contributed by atoms with Crippen molar-refractivity contribution in [3.8, 4) is 0 Å². The van der Waals surface area contributed by atoms with Gasteiger partial charge in [-0.3, -0.25) is 0 Å². The third kappa shape index (κ3) is 21.0. The molecule has 0 radical (unpaired) electrons. The van der Waals surface area contributed by atoms with Gasteiger partial charge in [0, 0.05) is 34.9 Å². The first-order valence-corrected chi connectivity index (χ1v) is 8.99. The molecular weight excluding hydrogens is 280 g/mol. The summed E-state index contributed by atoms with van der Waals surface area (Å²) in [7, 11) is 0. The Labute approximate surface area is 143 Å². The average Bonchev–Trinajstić information content (AvgIpc) is 2.43. The molecule has 0 atom stereocenters. The predicted molar refractivity (Wildman–Crippen MR) is 86.8 cm³/mol. The molecule has 0 N–H and O–H groups in total. The van der Waals surface area contributed by atoms with Crippen LogP contribution in [0.15, 0.2) is 0 Å². The van der Waals surface area contributed by atoms with Gasteiger partial charge in [0.15, 0.2) is 0 Å². The number of hydrogen-bond donors (Lipinski definition) is 0. The fourth-order valence-electron chi connectivity index (χ4n) is 2.42. The van der Waals surface area contributed by atoms with Gasteiger partial charge in [0.1, 0.15) is 0 Å². The van der Waals surface area contributed by atoms with Crippen LogP contribution in [0.5, 0.6) is 0 Å². The molecule has 0 unspecified atom stereocenters. The molecule has 0 aromatic carbocycles. The van der Waals surface area contributed by atoms with Crippen molar-refractivity contribution in [2.45, 2.75) is 104 Å². The van der Waals surface area contributed by atoms with Crippen molar-refractivity contribution in [1.29, 1.82) is 0 Å². The van der Waals surface area contributed by atoms with Crippen LogP contribution >= 0.6 is 0 Å². The van der Waals surface area contributed by atoms with Crippen LogP contribution in [0.3, 0.4) is 0 Å². The molecule has 0 bridgehead atoms. The topological polar surface area (TPSA) is 9.23 Å². The van der Waals surface area contributed by atoms with Crippen LogP contribution in [-0.2, 0) is 26.5 Å². The van der Waals surface area contributed by atoms with Crippen molar-refractivity contribution in [3.05, 3.63) is 0 Å². The molecule has 0 heterocycles. The number of ether oxygens (including phenoxy) is 1. The Kier molecular flexibility index (Phi) is 25.2. The second-order valence-corrected chi connectivity index (χ2v) is 5.86. The van der Waals surface area contributed by atoms with Gasteiger partial charge in [0.25, 0.3) is 0 Å². The summed E-state index contributed by atoms with van der Waals surface area (Å²) in [6.45, 7) is 6.53. The maximum absolute atomic E-state index is 5.69. The summed E-state index contributed by atoms with van der Waals surface area (Å²) in [5, 5.41) is 0. The first-order chi connectivity index (χ1) is 9.41. The number of rotatable bonds is 16. The minimum atomic E-state index is 0. The summed E-state index contributed by atoms with van der Waals surface area (Å²) < 4.78 is 5.69. The Morgan fingerprint density at radius 1 is 0.450 bits per heavy atom. The van der Waals surface area contributed by atoms with Crippen LogP contribution in [0.25, 0.3) is 0 Å². The molecule has 120 valence electrons. The van der Waals surface area contributed by atoms with E-state index in [9.17, 15) is 0 Å². The quantitative estimate of drug-likeness (QED) is 0.233. The van der Waals surface area contributed by atoms with Gasteiger partial charge in [-0.25, -0.2) is 0 Å². The number of hydrogen-bond acceptors (Lipinski definition) is 1. The summed E-state index contributed by atoms with van der Waals surface area (Å²) in [5.41, 5.74) is 0. The molecule has 0 amide bonds. The first-order valence-electron chi connectivity index (χ1n) is 8.99. The molecule has 0 rings (SSSR count). The predicted octanol–water partition coefficient (Wildman–Crippen LogP) is 6.50. The van der Waals surface area contributed by atoms with E-state index in [0.29, 0.717) is 0 Å². The fraction of sp³-hybridized carbons (Fsp3) is 1.00. The Bertz CT molecular complexity index is 134. The van der Waals surface area contributed by atoms with Gasteiger partial charge in [-0.1, -0.05) is 90.9 Å². The van der Waals surface area contributed by atoms with Crippen molar-refractivity contribution in [2.24, 2.45) is 0 Å². The molecule has 0 saturated heterocycles. The van der Waals surface area contributed by atoms with E-state index in [1.165, 1.54) is 89.9 Å². The Morgan fingerprint density at radius 2 is 0.750 bits per heavy atom. The van der Waals surface area contributed by atoms with Gasteiger partial charge in [-0.2, -0.15) is 0 Å². The Balaban J connectivity index is 0. The molecule has 0 aliphatic rings. The largest absolute Gasteiger partial charge is 0.381 e. The van der Waals surface area contributed by atoms with E-state index in [0.717, 1.165) is 13.2 Å². The third-order valence-electron chi connectivity index (χ3n) is 3.78. The fourth-order valence-corrected chi connectivity index (χ4v) is 2.42. The molecule has 0 aliphatic heterocycles. The van der Waals surface area contributed by atoms with Crippen molar-refractivity contribution >= 4 is 0 Å². The Hall–Kier alpha value is 0.674. The molecule has 0 fully saturated rings. The smallest absolute Gasteiger partial charge is 0.0466 e. The van der Waals surface area contributed by atoms with Crippen molar-refractivity contribution < 1.29 is 26.5 Å². The van der Waals surface area contributed by atoms with Crippen molar-refractivity contribution in [3.63, 3.8) is 0 Å². The van der Waals surface area contributed by atoms with E-state index >= 15 is 0 Å². The van der Waals surface area contributed by atoms with Crippen LogP contribution in [0.4, 0.5) is 0 Å². The molecule has 20 heavy (non-hydrogen) atoms. The van der Waals surface area contributed by atoms with E-state index in [1.54, 1.807) is 0 Å². The van der Waals surface area contributed by atoms with Crippen LogP contribution < -0.4 is 0 Å². The van der Waals surface area contributed by atoms with Gasteiger partial charge in [0.2, 0.25) is 0 Å². The van der Waals surface area contributed by atoms with Crippen LogP contribution in [0.2, 0.25) is 0 Å². The van der Waals surface area contributed by atoms with Crippen molar-refractivity contribution in [2.75, 3.05) is 13.2 Å². The zero-order valence-corrected chi connectivity index (χ0v) is 15.8. The summed E-state index contributed by atoms with van der Waals surface area (Å²) in [6, 6.07) is 0. The molecule has 1 nitrogen and oxygen atoms in total. The van der Waals surface area contributed by atoms with Gasteiger partial charge < -0.3 is 4.74 Å². The average molecular weight is 318 g/mol. The second kappa shape index (κ2) is 22.0. The molecule has 0 aromatic rings. The first kappa shape index (κ1) is 22.9. The van der Waals surface area contributed by atoms with Gasteiger partial charge >= 0.3 is 0 Å². The summed E-state index contributed by atoms with van der Waals surface area (Å²) in [5.74, 6) is 0. The SMILES string of the molecule is CCCCCCCCCOCCCCCCCCC.[Ti]. The third-order valence-corrected chi connectivity index (χ3v) is 3.78. The minimum Gasteiger partial charge on any atom is -0.381 e. The summed E-state index contributed by atoms with van der Waals surface area (Å²) in [4.78, 5) is 0. The molecule has 0 saturated carbocycles. The van der Waals surface area contributed by atoms with Crippen LogP contribution in [0.1, 0.15) is 104 Å². The van der Waals surface area contributed by atoms with Crippen molar-refractivity contribution in [1.82, 2.24) is 0 Å². The van der Waals surface area contributed by atoms with Gasteiger partial charge in [0.05, 0.1) is 0 Å². The maximum Gasteiger partial charge on any atom is 0.0466 e. The maximum atomic E-state index is 5.69. The Morgan fingerprint density at radius 3 is 1.10 bits per heavy atom. The monoisotopic (exact) mass is 318 g/mol. The van der Waals surface area contributed by atoms with E-state index in [1.807, 2.05) is 0 Å². The van der Waals surface area contributed by atoms with E-state index in [2.05, 4.69) is 13.8 Å². The summed E-state index contributed by atoms with van der Waals surface area (Å²) in [6.07, 6.45) is 19.3. The molecule has 2 heteroatoms.